The van der Waals surface area contributed by atoms with Crippen molar-refractivity contribution in [2.24, 2.45) is 10.7 Å². The molecule has 148 valence electrons. The number of guanidine groups is 1. The minimum absolute atomic E-state index is 0. The summed E-state index contributed by atoms with van der Waals surface area (Å²) in [6, 6.07) is 6.86. The molecule has 1 aliphatic heterocycles. The van der Waals surface area contributed by atoms with E-state index in [9.17, 15) is 8.42 Å². The summed E-state index contributed by atoms with van der Waals surface area (Å²) in [6.07, 6.45) is 2.73. The second kappa shape index (κ2) is 11.7. The van der Waals surface area contributed by atoms with Gasteiger partial charge >= 0.3 is 0 Å². The number of nitrogens with one attached hydrogen (secondary N) is 1. The molecule has 0 spiro atoms. The molecule has 0 radical (unpaired) electrons. The summed E-state index contributed by atoms with van der Waals surface area (Å²) in [7, 11) is -3.36. The van der Waals surface area contributed by atoms with E-state index in [4.69, 9.17) is 10.5 Å². The lowest BCUT2D eigenvalue weighted by atomic mass is 10.2. The summed E-state index contributed by atoms with van der Waals surface area (Å²) in [5, 5.41) is 3.03. The molecule has 2 rings (SSSR count). The number of hydrogen-bond acceptors (Lipinski definition) is 4. The molecule has 0 bridgehead atoms. The van der Waals surface area contributed by atoms with E-state index >= 15 is 0 Å². The molecule has 1 fully saturated rings. The Labute approximate surface area is 173 Å². The van der Waals surface area contributed by atoms with Crippen LogP contribution in [0.15, 0.2) is 34.2 Å². The van der Waals surface area contributed by atoms with Gasteiger partial charge in [-0.25, -0.2) is 13.4 Å². The maximum Gasteiger partial charge on any atom is 0.243 e. The van der Waals surface area contributed by atoms with Crippen molar-refractivity contribution in [3.8, 4) is 0 Å². The molecule has 9 heteroatoms. The van der Waals surface area contributed by atoms with Crippen LogP contribution < -0.4 is 11.1 Å². The van der Waals surface area contributed by atoms with Crippen LogP contribution in [0.5, 0.6) is 0 Å². The standard InChI is InChI=1S/C17H28N4O3S.HI/c1-2-24-13-5-10-19-17(18)20-14-15-6-8-16(9-7-15)25(22,23)21-11-3-4-12-21;/h6-9H,2-5,10-14H2,1H3,(H3,18,19,20);1H. The average molecular weight is 496 g/mol. The molecular weight excluding hydrogens is 467 g/mol. The van der Waals surface area contributed by atoms with Crippen molar-refractivity contribution in [3.05, 3.63) is 29.8 Å². The van der Waals surface area contributed by atoms with Crippen LogP contribution in [0.1, 0.15) is 31.7 Å². The minimum Gasteiger partial charge on any atom is -0.382 e. The number of nitrogens with two attached hydrogens (primary N) is 1. The summed E-state index contributed by atoms with van der Waals surface area (Å²) >= 11 is 0. The number of nitrogens with zero attached hydrogens (tertiary/aromatic N) is 2. The Morgan fingerprint density at radius 1 is 1.27 bits per heavy atom. The first-order valence-electron chi connectivity index (χ1n) is 8.74. The Hall–Kier alpha value is -0.910. The Morgan fingerprint density at radius 3 is 2.54 bits per heavy atom. The highest BCUT2D eigenvalue weighted by Crippen LogP contribution is 2.21. The van der Waals surface area contributed by atoms with Gasteiger partial charge in [0, 0.05) is 32.8 Å². The van der Waals surface area contributed by atoms with Gasteiger partial charge in [0.05, 0.1) is 11.4 Å². The Bertz CT molecular complexity index is 659. The third kappa shape index (κ3) is 7.01. The quantitative estimate of drug-likeness (QED) is 0.236. The molecule has 26 heavy (non-hydrogen) atoms. The molecule has 0 saturated carbocycles. The summed E-state index contributed by atoms with van der Waals surface area (Å²) in [5.74, 6) is 0.380. The van der Waals surface area contributed by atoms with Gasteiger partial charge in [-0.3, -0.25) is 0 Å². The fourth-order valence-electron chi connectivity index (χ4n) is 2.61. The number of benzene rings is 1. The zero-order valence-corrected chi connectivity index (χ0v) is 18.3. The molecule has 0 aliphatic carbocycles. The van der Waals surface area contributed by atoms with E-state index in [2.05, 4.69) is 10.3 Å². The van der Waals surface area contributed by atoms with E-state index in [0.717, 1.165) is 24.8 Å². The molecule has 3 N–H and O–H groups in total. The molecule has 1 aromatic carbocycles. The summed E-state index contributed by atoms with van der Waals surface area (Å²) in [6.45, 7) is 5.72. The highest BCUT2D eigenvalue weighted by molar-refractivity contribution is 14.0. The number of rotatable bonds is 9. The van der Waals surface area contributed by atoms with Crippen LogP contribution in [-0.2, 0) is 21.3 Å². The van der Waals surface area contributed by atoms with Crippen molar-refractivity contribution >= 4 is 40.0 Å². The van der Waals surface area contributed by atoms with Crippen LogP contribution in [0.25, 0.3) is 0 Å². The van der Waals surface area contributed by atoms with Gasteiger partial charge in [-0.1, -0.05) is 12.1 Å². The van der Waals surface area contributed by atoms with E-state index in [-0.39, 0.29) is 24.0 Å². The van der Waals surface area contributed by atoms with E-state index in [1.54, 1.807) is 28.6 Å². The van der Waals surface area contributed by atoms with Gasteiger partial charge in [0.1, 0.15) is 0 Å². The maximum absolute atomic E-state index is 12.5. The predicted octanol–water partition coefficient (Wildman–Crippen LogP) is 1.92. The molecule has 0 atom stereocenters. The van der Waals surface area contributed by atoms with Crippen LogP contribution in [0.3, 0.4) is 0 Å². The number of ether oxygens (including phenoxy) is 1. The van der Waals surface area contributed by atoms with Crippen LogP contribution >= 0.6 is 24.0 Å². The second-order valence-electron chi connectivity index (χ2n) is 5.93. The third-order valence-electron chi connectivity index (χ3n) is 4.03. The molecule has 0 unspecified atom stereocenters. The van der Waals surface area contributed by atoms with Crippen LogP contribution in [0.2, 0.25) is 0 Å². The third-order valence-corrected chi connectivity index (χ3v) is 5.95. The van der Waals surface area contributed by atoms with Crippen LogP contribution in [-0.4, -0.2) is 51.5 Å². The monoisotopic (exact) mass is 496 g/mol. The van der Waals surface area contributed by atoms with Crippen molar-refractivity contribution < 1.29 is 13.2 Å². The zero-order chi connectivity index (χ0) is 18.1. The van der Waals surface area contributed by atoms with Gasteiger partial charge in [0.2, 0.25) is 10.0 Å². The number of aliphatic imine (C=N–C) groups is 1. The van der Waals surface area contributed by atoms with Crippen LogP contribution in [0, 0.1) is 0 Å². The molecule has 7 nitrogen and oxygen atoms in total. The van der Waals surface area contributed by atoms with Crippen molar-refractivity contribution in [1.29, 1.82) is 0 Å². The smallest absolute Gasteiger partial charge is 0.243 e. The Kier molecular flexibility index (Phi) is 10.4. The summed E-state index contributed by atoms with van der Waals surface area (Å²) in [5.41, 5.74) is 6.73. The average Bonchev–Trinajstić information content (AvgIpc) is 3.16. The maximum atomic E-state index is 12.5. The lowest BCUT2D eigenvalue weighted by Crippen LogP contribution is -2.32. The van der Waals surface area contributed by atoms with Gasteiger partial charge < -0.3 is 15.8 Å². The van der Waals surface area contributed by atoms with Gasteiger partial charge in [0.15, 0.2) is 5.96 Å². The van der Waals surface area contributed by atoms with Crippen molar-refractivity contribution in [2.45, 2.75) is 37.6 Å². The molecule has 0 aromatic heterocycles. The zero-order valence-electron chi connectivity index (χ0n) is 15.2. The topological polar surface area (TPSA) is 97.0 Å². The van der Waals surface area contributed by atoms with Crippen LogP contribution in [0.4, 0.5) is 0 Å². The van der Waals surface area contributed by atoms with Gasteiger partial charge in [-0.2, -0.15) is 4.31 Å². The molecule has 1 aromatic rings. The summed E-state index contributed by atoms with van der Waals surface area (Å²) in [4.78, 5) is 4.60. The lowest BCUT2D eigenvalue weighted by molar-refractivity contribution is 0.145. The predicted molar refractivity (Wildman–Crippen MR) is 114 cm³/mol. The number of sulfonamides is 1. The highest BCUT2D eigenvalue weighted by atomic mass is 127. The largest absolute Gasteiger partial charge is 0.382 e. The lowest BCUT2D eigenvalue weighted by Gasteiger charge is -2.15. The normalized spacial score (nSPS) is 15.7. The first kappa shape index (κ1) is 23.1. The van der Waals surface area contributed by atoms with Gasteiger partial charge in [0.25, 0.3) is 0 Å². The number of hydrogen-bond donors (Lipinski definition) is 2. The van der Waals surface area contributed by atoms with Crippen molar-refractivity contribution in [2.75, 3.05) is 32.8 Å². The van der Waals surface area contributed by atoms with E-state index in [0.29, 0.717) is 50.2 Å². The molecular formula is C17H29IN4O3S. The summed E-state index contributed by atoms with van der Waals surface area (Å²) < 4.78 is 31.7. The molecule has 1 saturated heterocycles. The Morgan fingerprint density at radius 2 is 1.92 bits per heavy atom. The number of halogens is 1. The van der Waals surface area contributed by atoms with E-state index in [1.165, 1.54) is 0 Å². The van der Waals surface area contributed by atoms with E-state index in [1.807, 2.05) is 6.92 Å². The van der Waals surface area contributed by atoms with E-state index < -0.39 is 10.0 Å². The Balaban J connectivity index is 0.00000338. The second-order valence-corrected chi connectivity index (χ2v) is 7.87. The van der Waals surface area contributed by atoms with Gasteiger partial charge in [-0.05, 0) is 43.9 Å². The van der Waals surface area contributed by atoms with Gasteiger partial charge in [-0.15, -0.1) is 24.0 Å². The fraction of sp³-hybridized carbons (Fsp3) is 0.588. The fourth-order valence-corrected chi connectivity index (χ4v) is 4.13. The first-order chi connectivity index (χ1) is 12.0. The van der Waals surface area contributed by atoms with Crippen molar-refractivity contribution in [3.63, 3.8) is 0 Å². The first-order valence-corrected chi connectivity index (χ1v) is 10.2. The molecule has 1 aliphatic rings. The highest BCUT2D eigenvalue weighted by Gasteiger charge is 2.26. The minimum atomic E-state index is -3.36. The molecule has 0 amide bonds. The molecule has 1 heterocycles. The SMILES string of the molecule is CCOCCCNC(N)=NCc1ccc(S(=O)(=O)N2CCCC2)cc1.I. The van der Waals surface area contributed by atoms with Crippen molar-refractivity contribution in [1.82, 2.24) is 9.62 Å².